The number of benzene rings is 1. The molecule has 0 unspecified atom stereocenters. The number of sulfone groups is 1. The Labute approximate surface area is 109 Å². The van der Waals surface area contributed by atoms with Crippen molar-refractivity contribution in [3.05, 3.63) is 35.9 Å². The molecule has 2 atom stereocenters. The Morgan fingerprint density at radius 1 is 1.28 bits per heavy atom. The molecule has 2 N–H and O–H groups in total. The fourth-order valence-corrected chi connectivity index (χ4v) is 3.03. The van der Waals surface area contributed by atoms with Crippen molar-refractivity contribution in [3.63, 3.8) is 0 Å². The third-order valence-electron chi connectivity index (χ3n) is 3.45. The van der Waals surface area contributed by atoms with Crippen molar-refractivity contribution in [2.45, 2.75) is 12.0 Å². The molecule has 0 amide bonds. The number of nitrogens with zero attached hydrogens (tertiary/aromatic N) is 1. The van der Waals surface area contributed by atoms with E-state index in [2.05, 4.69) is 17.0 Å². The Bertz CT molecular complexity index is 487. The van der Waals surface area contributed by atoms with E-state index in [9.17, 15) is 8.42 Å². The normalized spacial score (nSPS) is 25.4. The Kier molecular flexibility index (Phi) is 4.04. The van der Waals surface area contributed by atoms with Crippen molar-refractivity contribution >= 4 is 9.84 Å². The van der Waals surface area contributed by atoms with Gasteiger partial charge in [0.2, 0.25) is 0 Å². The molecule has 1 saturated heterocycles. The fourth-order valence-electron chi connectivity index (χ4n) is 2.44. The molecule has 1 aliphatic rings. The largest absolute Gasteiger partial charge is 0.326 e. The van der Waals surface area contributed by atoms with E-state index >= 15 is 0 Å². The van der Waals surface area contributed by atoms with Crippen LogP contribution in [-0.4, -0.2) is 51.0 Å². The number of likely N-dealkylation sites (tertiary alicyclic amines) is 1. The monoisotopic (exact) mass is 268 g/mol. The van der Waals surface area contributed by atoms with Crippen LogP contribution >= 0.6 is 0 Å². The quantitative estimate of drug-likeness (QED) is 0.861. The van der Waals surface area contributed by atoms with Crippen LogP contribution in [0.15, 0.2) is 30.3 Å². The van der Waals surface area contributed by atoms with Crippen molar-refractivity contribution in [2.24, 2.45) is 5.73 Å². The van der Waals surface area contributed by atoms with Gasteiger partial charge in [-0.25, -0.2) is 8.42 Å². The summed E-state index contributed by atoms with van der Waals surface area (Å²) < 4.78 is 22.3. The van der Waals surface area contributed by atoms with E-state index in [0.717, 1.165) is 13.1 Å². The summed E-state index contributed by atoms with van der Waals surface area (Å²) in [5.74, 6) is 0.520. The van der Waals surface area contributed by atoms with Crippen LogP contribution < -0.4 is 5.73 Å². The van der Waals surface area contributed by atoms with E-state index in [1.807, 2.05) is 18.2 Å². The van der Waals surface area contributed by atoms with E-state index < -0.39 is 9.84 Å². The highest BCUT2D eigenvalue weighted by molar-refractivity contribution is 7.90. The molecule has 1 aliphatic heterocycles. The summed E-state index contributed by atoms with van der Waals surface area (Å²) in [5.41, 5.74) is 7.39. The van der Waals surface area contributed by atoms with Gasteiger partial charge in [0.05, 0.1) is 5.75 Å². The third kappa shape index (κ3) is 3.54. The van der Waals surface area contributed by atoms with E-state index in [0.29, 0.717) is 12.5 Å². The fraction of sp³-hybridized carbons (Fsp3) is 0.538. The topological polar surface area (TPSA) is 63.4 Å². The van der Waals surface area contributed by atoms with Gasteiger partial charge < -0.3 is 10.6 Å². The van der Waals surface area contributed by atoms with E-state index in [4.69, 9.17) is 5.73 Å². The molecule has 0 aromatic heterocycles. The summed E-state index contributed by atoms with van der Waals surface area (Å²) in [6.45, 7) is 2.20. The molecule has 1 aromatic carbocycles. The molecule has 0 saturated carbocycles. The molecule has 0 spiro atoms. The lowest BCUT2D eigenvalue weighted by atomic mass is 9.95. The molecule has 0 radical (unpaired) electrons. The third-order valence-corrected chi connectivity index (χ3v) is 4.37. The summed E-state index contributed by atoms with van der Waals surface area (Å²) in [4.78, 5) is 2.14. The second-order valence-electron chi connectivity index (χ2n) is 5.07. The predicted octanol–water partition coefficient (Wildman–Crippen LogP) is 0.458. The number of hydrogen-bond donors (Lipinski definition) is 1. The van der Waals surface area contributed by atoms with Gasteiger partial charge in [-0.2, -0.15) is 0 Å². The predicted molar refractivity (Wildman–Crippen MR) is 73.3 cm³/mol. The van der Waals surface area contributed by atoms with Crippen LogP contribution in [0.2, 0.25) is 0 Å². The van der Waals surface area contributed by atoms with Gasteiger partial charge in [-0.1, -0.05) is 30.3 Å². The van der Waals surface area contributed by atoms with Crippen LogP contribution in [0.4, 0.5) is 0 Å². The zero-order valence-corrected chi connectivity index (χ0v) is 11.4. The molecule has 18 heavy (non-hydrogen) atoms. The van der Waals surface area contributed by atoms with E-state index in [1.54, 1.807) is 0 Å². The first-order valence-corrected chi connectivity index (χ1v) is 8.22. The van der Waals surface area contributed by atoms with Gasteiger partial charge in [0.25, 0.3) is 0 Å². The van der Waals surface area contributed by atoms with Gasteiger partial charge in [-0.15, -0.1) is 0 Å². The number of nitrogens with two attached hydrogens (primary N) is 1. The zero-order valence-electron chi connectivity index (χ0n) is 10.6. The summed E-state index contributed by atoms with van der Waals surface area (Å²) in [7, 11) is -2.89. The van der Waals surface area contributed by atoms with Crippen LogP contribution in [0.1, 0.15) is 11.5 Å². The second-order valence-corrected chi connectivity index (χ2v) is 7.33. The second kappa shape index (κ2) is 5.38. The SMILES string of the molecule is CS(=O)(=O)CCN1C[C@H](c2ccccc2)[C@@H](N)C1. The maximum Gasteiger partial charge on any atom is 0.148 e. The minimum absolute atomic E-state index is 0.0898. The molecule has 1 heterocycles. The molecule has 1 fully saturated rings. The Morgan fingerprint density at radius 2 is 1.94 bits per heavy atom. The maximum atomic E-state index is 11.2. The molecule has 100 valence electrons. The zero-order chi connectivity index (χ0) is 13.2. The standard InChI is InChI=1S/C13H20N2O2S/c1-18(16,17)8-7-15-9-12(13(14)10-15)11-5-3-2-4-6-11/h2-6,12-13H,7-10,14H2,1H3/t12-,13+/m1/s1. The van der Waals surface area contributed by atoms with Crippen LogP contribution in [-0.2, 0) is 9.84 Å². The molecule has 4 nitrogen and oxygen atoms in total. The lowest BCUT2D eigenvalue weighted by molar-refractivity contribution is 0.351. The van der Waals surface area contributed by atoms with Crippen molar-refractivity contribution in [1.82, 2.24) is 4.90 Å². The maximum absolute atomic E-state index is 11.2. The van der Waals surface area contributed by atoms with Crippen LogP contribution in [0.5, 0.6) is 0 Å². The average Bonchev–Trinajstić information content (AvgIpc) is 2.68. The molecule has 5 heteroatoms. The highest BCUT2D eigenvalue weighted by Crippen LogP contribution is 2.25. The highest BCUT2D eigenvalue weighted by Gasteiger charge is 2.31. The summed E-state index contributed by atoms with van der Waals surface area (Å²) in [6, 6.07) is 10.3. The number of hydrogen-bond acceptors (Lipinski definition) is 4. The Morgan fingerprint density at radius 3 is 2.56 bits per heavy atom. The van der Waals surface area contributed by atoms with Crippen molar-refractivity contribution in [1.29, 1.82) is 0 Å². The lowest BCUT2D eigenvalue weighted by Gasteiger charge is -2.15. The first kappa shape index (κ1) is 13.5. The molecule has 2 rings (SSSR count). The minimum Gasteiger partial charge on any atom is -0.326 e. The molecule has 0 bridgehead atoms. The first-order chi connectivity index (χ1) is 8.46. The Hall–Kier alpha value is -0.910. The number of rotatable bonds is 4. The molecule has 1 aromatic rings. The van der Waals surface area contributed by atoms with Crippen LogP contribution in [0, 0.1) is 0 Å². The Balaban J connectivity index is 1.97. The van der Waals surface area contributed by atoms with Gasteiger partial charge in [-0.05, 0) is 5.56 Å². The van der Waals surface area contributed by atoms with Crippen molar-refractivity contribution in [3.8, 4) is 0 Å². The summed E-state index contributed by atoms with van der Waals surface area (Å²) in [5, 5.41) is 0. The van der Waals surface area contributed by atoms with Gasteiger partial charge in [-0.3, -0.25) is 0 Å². The summed E-state index contributed by atoms with van der Waals surface area (Å²) in [6.07, 6.45) is 1.28. The molecular weight excluding hydrogens is 248 g/mol. The lowest BCUT2D eigenvalue weighted by Crippen LogP contribution is -2.30. The molecule has 0 aliphatic carbocycles. The van der Waals surface area contributed by atoms with E-state index in [1.165, 1.54) is 11.8 Å². The summed E-state index contributed by atoms with van der Waals surface area (Å²) >= 11 is 0. The van der Waals surface area contributed by atoms with Crippen molar-refractivity contribution in [2.75, 3.05) is 31.6 Å². The average molecular weight is 268 g/mol. The van der Waals surface area contributed by atoms with Gasteiger partial charge in [0.1, 0.15) is 9.84 Å². The molecular formula is C13H20N2O2S. The van der Waals surface area contributed by atoms with Crippen molar-refractivity contribution < 1.29 is 8.42 Å². The first-order valence-electron chi connectivity index (χ1n) is 6.16. The van der Waals surface area contributed by atoms with Gasteiger partial charge in [0, 0.05) is 37.8 Å². The minimum atomic E-state index is -2.89. The van der Waals surface area contributed by atoms with Crippen LogP contribution in [0.3, 0.4) is 0 Å². The van der Waals surface area contributed by atoms with Crippen LogP contribution in [0.25, 0.3) is 0 Å². The highest BCUT2D eigenvalue weighted by atomic mass is 32.2. The van der Waals surface area contributed by atoms with Gasteiger partial charge >= 0.3 is 0 Å². The van der Waals surface area contributed by atoms with E-state index in [-0.39, 0.29) is 11.8 Å². The van der Waals surface area contributed by atoms with Gasteiger partial charge in [0.15, 0.2) is 0 Å². The smallest absolute Gasteiger partial charge is 0.148 e.